The first kappa shape index (κ1) is 32.3. The van der Waals surface area contributed by atoms with Gasteiger partial charge in [-0.1, -0.05) is 30.1 Å². The van der Waals surface area contributed by atoms with Crippen molar-refractivity contribution in [3.63, 3.8) is 0 Å². The maximum atomic E-state index is 13.1. The first-order valence-corrected chi connectivity index (χ1v) is 13.3. The van der Waals surface area contributed by atoms with Crippen molar-refractivity contribution >= 4 is 56.5 Å². The number of nitriles is 1. The van der Waals surface area contributed by atoms with E-state index >= 15 is 0 Å². The molecule has 3 aromatic carbocycles. The molecule has 0 atom stereocenters. The summed E-state index contributed by atoms with van der Waals surface area (Å²) in [6.07, 6.45) is 0.00723. The fourth-order valence-electron chi connectivity index (χ4n) is 3.30. The molecule has 0 aromatic heterocycles. The van der Waals surface area contributed by atoms with Crippen LogP contribution in [0.1, 0.15) is 41.8 Å². The summed E-state index contributed by atoms with van der Waals surface area (Å²) in [5.74, 6) is -1.65. The number of nitrogens with one attached hydrogen (secondary N) is 2. The number of carbonyl (C=O) groups is 3. The molecule has 0 saturated carbocycles. The van der Waals surface area contributed by atoms with Gasteiger partial charge in [-0.2, -0.15) is 5.26 Å². The van der Waals surface area contributed by atoms with Gasteiger partial charge in [-0.05, 0) is 67.1 Å². The molecular formula is C26H22Cl2N3NaO6S. The predicted molar refractivity (Wildman–Crippen MR) is 143 cm³/mol. The fourth-order valence-corrected chi connectivity index (χ4v) is 4.85. The summed E-state index contributed by atoms with van der Waals surface area (Å²) in [6.45, 7) is 2.64. The molecule has 13 heteroatoms. The van der Waals surface area contributed by atoms with Crippen molar-refractivity contribution < 1.29 is 58.5 Å². The Labute approximate surface area is 259 Å². The molecule has 9 nitrogen and oxygen atoms in total. The quantitative estimate of drug-likeness (QED) is 0.282. The van der Waals surface area contributed by atoms with Crippen LogP contribution in [0.25, 0.3) is 0 Å². The average molecular weight is 598 g/mol. The number of ether oxygens (including phenoxy) is 1. The second-order valence-corrected chi connectivity index (χ2v) is 10.6. The summed E-state index contributed by atoms with van der Waals surface area (Å²) in [5, 5.41) is 12.2. The Hall–Kier alpha value is -2.91. The number of nitrogens with zero attached hydrogens (tertiary/aromatic N) is 1. The third-order valence-electron chi connectivity index (χ3n) is 5.19. The first-order chi connectivity index (χ1) is 17.9. The smallest absolute Gasteiger partial charge is 1.00 e. The van der Waals surface area contributed by atoms with E-state index in [2.05, 4.69) is 5.32 Å². The van der Waals surface area contributed by atoms with Crippen LogP contribution in [0, 0.1) is 18.3 Å². The molecule has 0 unspecified atom stereocenters. The molecule has 2 amide bonds. The number of sulfonamides is 1. The standard InChI is InChI=1S/C26H21Cl2N3O6S.Na.H/c1-3-24(32)31-38(35,36)20-5-6-22(15(2)8-20)30-25(33)14-37-23-7-4-18(27)12-21(23)26(34)17-9-16(13-29)10-19(28)11-17;;/h4-12H,3,14H2,1-2H3,(H,30,33)(H,31,32);;/q;+1;-1. The van der Waals surface area contributed by atoms with Gasteiger partial charge in [0.15, 0.2) is 12.4 Å². The van der Waals surface area contributed by atoms with Crippen LogP contribution in [0.2, 0.25) is 10.0 Å². The Balaban J connectivity index is 0.00000400. The molecule has 0 radical (unpaired) electrons. The van der Waals surface area contributed by atoms with Crippen LogP contribution < -0.4 is 44.3 Å². The number of hydrogen-bond donors (Lipinski definition) is 2. The minimum Gasteiger partial charge on any atom is -1.00 e. The van der Waals surface area contributed by atoms with E-state index in [1.807, 2.05) is 10.8 Å². The summed E-state index contributed by atoms with van der Waals surface area (Å²) in [6, 6.07) is 14.4. The van der Waals surface area contributed by atoms with Crippen LogP contribution in [0.5, 0.6) is 5.75 Å². The average Bonchev–Trinajstić information content (AvgIpc) is 2.87. The van der Waals surface area contributed by atoms with Crippen molar-refractivity contribution in [2.45, 2.75) is 25.2 Å². The van der Waals surface area contributed by atoms with E-state index in [4.69, 9.17) is 33.2 Å². The van der Waals surface area contributed by atoms with Crippen LogP contribution in [-0.2, 0) is 19.6 Å². The fraction of sp³-hybridized carbons (Fsp3) is 0.154. The Morgan fingerprint density at radius 3 is 2.36 bits per heavy atom. The van der Waals surface area contributed by atoms with Gasteiger partial charge in [0, 0.05) is 27.7 Å². The molecule has 39 heavy (non-hydrogen) atoms. The predicted octanol–water partition coefficient (Wildman–Crippen LogP) is 1.75. The number of ketones is 1. The maximum absolute atomic E-state index is 13.1. The van der Waals surface area contributed by atoms with Gasteiger partial charge >= 0.3 is 29.6 Å². The Morgan fingerprint density at radius 1 is 1.00 bits per heavy atom. The van der Waals surface area contributed by atoms with Crippen molar-refractivity contribution in [1.82, 2.24) is 4.72 Å². The SMILES string of the molecule is CCC(=O)NS(=O)(=O)c1ccc(NC(=O)COc2ccc(Cl)cc2C(=O)c2cc(Cl)cc(C#N)c2)c(C)c1.[H-].[Na+]. The molecule has 3 rings (SSSR count). The number of anilines is 1. The van der Waals surface area contributed by atoms with Crippen molar-refractivity contribution in [2.24, 2.45) is 0 Å². The van der Waals surface area contributed by atoms with Gasteiger partial charge in [-0.25, -0.2) is 13.1 Å². The van der Waals surface area contributed by atoms with Crippen LogP contribution in [-0.4, -0.2) is 32.6 Å². The molecule has 0 bridgehead atoms. The van der Waals surface area contributed by atoms with Gasteiger partial charge in [0.05, 0.1) is 22.1 Å². The second kappa shape index (κ2) is 13.9. The van der Waals surface area contributed by atoms with E-state index in [1.54, 1.807) is 6.92 Å². The van der Waals surface area contributed by atoms with Crippen molar-refractivity contribution in [3.8, 4) is 11.8 Å². The van der Waals surface area contributed by atoms with Gasteiger partial charge in [0.25, 0.3) is 15.9 Å². The minimum absolute atomic E-state index is 0. The van der Waals surface area contributed by atoms with Crippen molar-refractivity contribution in [2.75, 3.05) is 11.9 Å². The normalized spacial score (nSPS) is 10.5. The summed E-state index contributed by atoms with van der Waals surface area (Å²) in [4.78, 5) is 37.1. The molecular weight excluding hydrogens is 576 g/mol. The van der Waals surface area contributed by atoms with E-state index in [1.165, 1.54) is 61.5 Å². The largest absolute Gasteiger partial charge is 1.00 e. The van der Waals surface area contributed by atoms with Gasteiger partial charge in [-0.3, -0.25) is 14.4 Å². The van der Waals surface area contributed by atoms with Gasteiger partial charge < -0.3 is 11.5 Å². The number of aryl methyl sites for hydroxylation is 1. The second-order valence-electron chi connectivity index (χ2n) is 8.01. The number of benzene rings is 3. The third-order valence-corrected chi connectivity index (χ3v) is 7.01. The Morgan fingerprint density at radius 2 is 1.72 bits per heavy atom. The van der Waals surface area contributed by atoms with Crippen molar-refractivity contribution in [3.05, 3.63) is 86.9 Å². The van der Waals surface area contributed by atoms with Crippen LogP contribution in [0.3, 0.4) is 0 Å². The Kier molecular flexibility index (Phi) is 11.5. The van der Waals surface area contributed by atoms with Crippen LogP contribution in [0.15, 0.2) is 59.5 Å². The van der Waals surface area contributed by atoms with E-state index < -0.39 is 34.2 Å². The first-order valence-electron chi connectivity index (χ1n) is 11.1. The number of carbonyl (C=O) groups excluding carboxylic acids is 3. The topological polar surface area (TPSA) is 142 Å². The molecule has 0 aliphatic heterocycles. The number of hydrogen-bond acceptors (Lipinski definition) is 7. The summed E-state index contributed by atoms with van der Waals surface area (Å²) >= 11 is 12.1. The zero-order valence-electron chi connectivity index (χ0n) is 22.2. The molecule has 0 aliphatic carbocycles. The molecule has 198 valence electrons. The van der Waals surface area contributed by atoms with Crippen molar-refractivity contribution in [1.29, 1.82) is 5.26 Å². The third kappa shape index (κ3) is 8.54. The minimum atomic E-state index is -4.04. The van der Waals surface area contributed by atoms with Gasteiger partial charge in [-0.15, -0.1) is 0 Å². The van der Waals surface area contributed by atoms with E-state index in [0.29, 0.717) is 11.3 Å². The maximum Gasteiger partial charge on any atom is 1.00 e. The van der Waals surface area contributed by atoms with Crippen LogP contribution in [0.4, 0.5) is 5.69 Å². The molecule has 0 saturated heterocycles. The van der Waals surface area contributed by atoms with E-state index in [9.17, 15) is 22.8 Å². The Bertz CT molecular complexity index is 1600. The zero-order valence-corrected chi connectivity index (χ0v) is 25.5. The summed E-state index contributed by atoms with van der Waals surface area (Å²) in [7, 11) is -4.04. The molecule has 0 heterocycles. The molecule has 0 spiro atoms. The molecule has 0 aliphatic rings. The van der Waals surface area contributed by atoms with Crippen LogP contribution >= 0.6 is 23.2 Å². The monoisotopic (exact) mass is 597 g/mol. The molecule has 2 N–H and O–H groups in total. The van der Waals surface area contributed by atoms with E-state index in [0.717, 1.165) is 0 Å². The van der Waals surface area contributed by atoms with Gasteiger partial charge in [0.2, 0.25) is 5.91 Å². The summed E-state index contributed by atoms with van der Waals surface area (Å²) < 4.78 is 32.2. The molecule has 3 aromatic rings. The molecule has 0 fully saturated rings. The van der Waals surface area contributed by atoms with Gasteiger partial charge in [0.1, 0.15) is 5.75 Å². The number of rotatable bonds is 9. The number of amides is 2. The summed E-state index contributed by atoms with van der Waals surface area (Å²) in [5.41, 5.74) is 1.17. The zero-order chi connectivity index (χ0) is 28.0. The number of halogens is 2. The van der Waals surface area contributed by atoms with E-state index in [-0.39, 0.29) is 74.8 Å².